The van der Waals surface area contributed by atoms with E-state index in [0.717, 1.165) is 47.0 Å². The van der Waals surface area contributed by atoms with Crippen molar-refractivity contribution in [1.82, 2.24) is 19.9 Å². The molecule has 6 heteroatoms. The smallest absolute Gasteiger partial charge is 0.178 e. The summed E-state index contributed by atoms with van der Waals surface area (Å²) >= 11 is 0. The van der Waals surface area contributed by atoms with Crippen LogP contribution in [0.2, 0.25) is 0 Å². The van der Waals surface area contributed by atoms with Crippen molar-refractivity contribution in [3.8, 4) is 11.5 Å². The maximum absolute atomic E-state index is 5.44. The largest absolute Gasteiger partial charge is 0.396 e. The highest BCUT2D eigenvalue weighted by Crippen LogP contribution is 2.13. The summed E-state index contributed by atoms with van der Waals surface area (Å²) in [5, 5.41) is 4.16. The second-order valence-electron chi connectivity index (χ2n) is 6.31. The van der Waals surface area contributed by atoms with E-state index in [0.29, 0.717) is 12.4 Å². The van der Waals surface area contributed by atoms with Crippen molar-refractivity contribution in [2.45, 2.75) is 33.6 Å². The highest BCUT2D eigenvalue weighted by Gasteiger charge is 2.05. The standard InChI is InChI=1S/C21H23N5O/c1-15-7-4-10-19(23-15)17(3)26-27-14-6-9-18-8-5-11-20(25-18)21-22-13-12-16(2)24-21/h4-5,7-8,10-13H,6,9,14H2,1-3H3. The molecule has 0 bridgehead atoms. The second-order valence-corrected chi connectivity index (χ2v) is 6.31. The summed E-state index contributed by atoms with van der Waals surface area (Å²) in [6.07, 6.45) is 3.38. The molecular weight excluding hydrogens is 338 g/mol. The summed E-state index contributed by atoms with van der Waals surface area (Å²) in [7, 11) is 0. The fourth-order valence-corrected chi connectivity index (χ4v) is 2.57. The third kappa shape index (κ3) is 5.41. The molecule has 0 spiro atoms. The Hall–Kier alpha value is -3.15. The minimum Gasteiger partial charge on any atom is -0.396 e. The van der Waals surface area contributed by atoms with Gasteiger partial charge >= 0.3 is 0 Å². The molecule has 0 aliphatic carbocycles. The van der Waals surface area contributed by atoms with Gasteiger partial charge in [-0.1, -0.05) is 17.3 Å². The first kappa shape index (κ1) is 18.6. The highest BCUT2D eigenvalue weighted by atomic mass is 16.6. The van der Waals surface area contributed by atoms with E-state index in [1.165, 1.54) is 0 Å². The topological polar surface area (TPSA) is 73.2 Å². The maximum Gasteiger partial charge on any atom is 0.178 e. The van der Waals surface area contributed by atoms with Crippen molar-refractivity contribution < 1.29 is 4.84 Å². The Morgan fingerprint density at radius 1 is 0.963 bits per heavy atom. The molecule has 0 fully saturated rings. The van der Waals surface area contributed by atoms with Gasteiger partial charge in [0, 0.05) is 23.3 Å². The minimum atomic E-state index is 0.524. The Bertz CT molecular complexity index is 939. The Balaban J connectivity index is 1.52. The van der Waals surface area contributed by atoms with Gasteiger partial charge in [-0.3, -0.25) is 4.98 Å². The van der Waals surface area contributed by atoms with Crippen LogP contribution < -0.4 is 0 Å². The van der Waals surface area contributed by atoms with Crippen molar-refractivity contribution in [2.75, 3.05) is 6.61 Å². The molecule has 3 aromatic heterocycles. The van der Waals surface area contributed by atoms with Gasteiger partial charge in [0.2, 0.25) is 0 Å². The molecule has 0 aliphatic rings. The predicted molar refractivity (Wildman–Crippen MR) is 105 cm³/mol. The third-order valence-corrected chi connectivity index (χ3v) is 3.96. The zero-order valence-electron chi connectivity index (χ0n) is 15.9. The van der Waals surface area contributed by atoms with Crippen molar-refractivity contribution in [3.63, 3.8) is 0 Å². The number of hydrogen-bond donors (Lipinski definition) is 0. The number of aryl methyl sites for hydroxylation is 3. The maximum atomic E-state index is 5.44. The van der Waals surface area contributed by atoms with E-state index in [1.807, 2.05) is 63.2 Å². The van der Waals surface area contributed by atoms with Crippen LogP contribution in [-0.2, 0) is 11.3 Å². The quantitative estimate of drug-likeness (QED) is 0.362. The van der Waals surface area contributed by atoms with Gasteiger partial charge in [0.05, 0.1) is 5.69 Å². The zero-order valence-corrected chi connectivity index (χ0v) is 15.9. The van der Waals surface area contributed by atoms with E-state index in [4.69, 9.17) is 4.84 Å². The lowest BCUT2D eigenvalue weighted by molar-refractivity contribution is 0.141. The lowest BCUT2D eigenvalue weighted by Crippen LogP contribution is -2.02. The molecule has 0 aliphatic heterocycles. The van der Waals surface area contributed by atoms with E-state index >= 15 is 0 Å². The number of nitrogens with zero attached hydrogens (tertiary/aromatic N) is 5. The van der Waals surface area contributed by atoms with E-state index in [-0.39, 0.29) is 0 Å². The molecule has 3 rings (SSSR count). The molecule has 0 amide bonds. The first-order valence-electron chi connectivity index (χ1n) is 8.98. The Kier molecular flexibility index (Phi) is 6.20. The second kappa shape index (κ2) is 8.98. The summed E-state index contributed by atoms with van der Waals surface area (Å²) in [5.74, 6) is 0.652. The fourth-order valence-electron chi connectivity index (χ4n) is 2.57. The van der Waals surface area contributed by atoms with E-state index in [9.17, 15) is 0 Å². The van der Waals surface area contributed by atoms with Gasteiger partial charge in [-0.15, -0.1) is 0 Å². The Morgan fingerprint density at radius 3 is 2.59 bits per heavy atom. The minimum absolute atomic E-state index is 0.524. The molecule has 0 atom stereocenters. The zero-order chi connectivity index (χ0) is 19.1. The van der Waals surface area contributed by atoms with Crippen LogP contribution in [0.25, 0.3) is 11.5 Å². The lowest BCUT2D eigenvalue weighted by atomic mass is 10.2. The van der Waals surface area contributed by atoms with Crippen LogP contribution in [0.4, 0.5) is 0 Å². The summed E-state index contributed by atoms with van der Waals surface area (Å²) < 4.78 is 0. The summed E-state index contributed by atoms with van der Waals surface area (Å²) in [6.45, 7) is 6.33. The third-order valence-electron chi connectivity index (χ3n) is 3.96. The van der Waals surface area contributed by atoms with Gasteiger partial charge in [-0.25, -0.2) is 15.0 Å². The highest BCUT2D eigenvalue weighted by molar-refractivity contribution is 5.96. The monoisotopic (exact) mass is 361 g/mol. The molecule has 6 nitrogen and oxygen atoms in total. The SMILES string of the molecule is CC(=NOCCCc1cccc(-c2nccc(C)n2)n1)c1cccc(C)n1. The molecular formula is C21H23N5O. The summed E-state index contributed by atoms with van der Waals surface area (Å²) in [6, 6.07) is 13.6. The van der Waals surface area contributed by atoms with Crippen LogP contribution in [0.1, 0.15) is 36.1 Å². The van der Waals surface area contributed by atoms with Gasteiger partial charge in [-0.05, 0) is 63.9 Å². The molecule has 0 aromatic carbocycles. The van der Waals surface area contributed by atoms with Crippen LogP contribution in [0.15, 0.2) is 53.8 Å². The Labute approximate surface area is 159 Å². The molecule has 0 unspecified atom stereocenters. The van der Waals surface area contributed by atoms with Crippen LogP contribution in [-0.4, -0.2) is 32.3 Å². The normalized spacial score (nSPS) is 11.4. The van der Waals surface area contributed by atoms with Crippen LogP contribution in [0, 0.1) is 13.8 Å². The number of rotatable bonds is 7. The molecule has 0 saturated carbocycles. The number of oxime groups is 1. The van der Waals surface area contributed by atoms with Gasteiger partial charge < -0.3 is 4.84 Å². The molecule has 27 heavy (non-hydrogen) atoms. The van der Waals surface area contributed by atoms with Crippen LogP contribution in [0.5, 0.6) is 0 Å². The average molecular weight is 361 g/mol. The number of hydrogen-bond acceptors (Lipinski definition) is 6. The Morgan fingerprint density at radius 2 is 1.78 bits per heavy atom. The van der Waals surface area contributed by atoms with E-state index in [1.54, 1.807) is 6.20 Å². The number of pyridine rings is 2. The summed E-state index contributed by atoms with van der Waals surface area (Å²) in [5.41, 5.74) is 5.28. The van der Waals surface area contributed by atoms with Gasteiger partial charge in [0.25, 0.3) is 0 Å². The van der Waals surface area contributed by atoms with Crippen molar-refractivity contribution in [3.05, 3.63) is 71.4 Å². The summed E-state index contributed by atoms with van der Waals surface area (Å²) in [4.78, 5) is 23.2. The fraction of sp³-hybridized carbons (Fsp3) is 0.286. The molecule has 0 saturated heterocycles. The van der Waals surface area contributed by atoms with E-state index in [2.05, 4.69) is 25.1 Å². The van der Waals surface area contributed by atoms with Crippen molar-refractivity contribution >= 4 is 5.71 Å². The van der Waals surface area contributed by atoms with Crippen molar-refractivity contribution in [1.29, 1.82) is 0 Å². The van der Waals surface area contributed by atoms with E-state index < -0.39 is 0 Å². The molecule has 0 N–H and O–H groups in total. The lowest BCUT2D eigenvalue weighted by Gasteiger charge is -2.05. The average Bonchev–Trinajstić information content (AvgIpc) is 2.68. The molecule has 0 radical (unpaired) electrons. The van der Waals surface area contributed by atoms with Crippen molar-refractivity contribution in [2.24, 2.45) is 5.16 Å². The molecule has 3 aromatic rings. The van der Waals surface area contributed by atoms with Crippen LogP contribution in [0.3, 0.4) is 0 Å². The van der Waals surface area contributed by atoms with Gasteiger partial charge in [0.1, 0.15) is 18.0 Å². The molecule has 138 valence electrons. The molecule has 3 heterocycles. The number of aromatic nitrogens is 4. The van der Waals surface area contributed by atoms with Crippen LogP contribution >= 0.6 is 0 Å². The van der Waals surface area contributed by atoms with Gasteiger partial charge in [-0.2, -0.15) is 0 Å². The predicted octanol–water partition coefficient (Wildman–Crippen LogP) is 3.92. The first-order chi connectivity index (χ1) is 13.1. The first-order valence-corrected chi connectivity index (χ1v) is 8.98. The van der Waals surface area contributed by atoms with Gasteiger partial charge in [0.15, 0.2) is 5.82 Å².